The minimum absolute atomic E-state index is 0.00256. The standard InChI is InChI=1S/C15H14O4S/c1-18-11-4-2-9(3-5-11)14-8-20-15-12(17)6-10(16)7-13(15)19-14/h2-7,14,16-17H,8H2,1H3. The van der Waals surface area contributed by atoms with Crippen molar-refractivity contribution in [3.8, 4) is 23.0 Å². The molecule has 4 nitrogen and oxygen atoms in total. The Labute approximate surface area is 121 Å². The Kier molecular flexibility index (Phi) is 3.36. The minimum atomic E-state index is -0.111. The lowest BCUT2D eigenvalue weighted by atomic mass is 10.1. The molecular weight excluding hydrogens is 276 g/mol. The van der Waals surface area contributed by atoms with Gasteiger partial charge < -0.3 is 19.7 Å². The average Bonchev–Trinajstić information content (AvgIpc) is 2.46. The number of hydrogen-bond acceptors (Lipinski definition) is 5. The number of ether oxygens (including phenoxy) is 2. The van der Waals surface area contributed by atoms with Crippen LogP contribution in [0.15, 0.2) is 41.3 Å². The monoisotopic (exact) mass is 290 g/mol. The number of phenolic OH excluding ortho intramolecular Hbond substituents is 2. The van der Waals surface area contributed by atoms with Crippen LogP contribution in [-0.4, -0.2) is 23.1 Å². The first kappa shape index (κ1) is 13.0. The molecule has 0 bridgehead atoms. The zero-order valence-corrected chi connectivity index (χ0v) is 11.7. The Morgan fingerprint density at radius 3 is 2.65 bits per heavy atom. The number of phenols is 2. The van der Waals surface area contributed by atoms with E-state index in [-0.39, 0.29) is 17.6 Å². The first-order valence-corrected chi connectivity index (χ1v) is 7.15. The fourth-order valence-electron chi connectivity index (χ4n) is 2.14. The van der Waals surface area contributed by atoms with Gasteiger partial charge in [-0.2, -0.15) is 0 Å². The Morgan fingerprint density at radius 2 is 1.95 bits per heavy atom. The molecule has 20 heavy (non-hydrogen) atoms. The van der Waals surface area contributed by atoms with Gasteiger partial charge in [-0.1, -0.05) is 12.1 Å². The van der Waals surface area contributed by atoms with Crippen LogP contribution in [0.5, 0.6) is 23.0 Å². The summed E-state index contributed by atoms with van der Waals surface area (Å²) in [6.07, 6.45) is -0.111. The second-order valence-electron chi connectivity index (χ2n) is 4.48. The van der Waals surface area contributed by atoms with Crippen molar-refractivity contribution < 1.29 is 19.7 Å². The topological polar surface area (TPSA) is 58.9 Å². The molecule has 1 aliphatic heterocycles. The molecule has 0 aliphatic carbocycles. The Morgan fingerprint density at radius 1 is 1.20 bits per heavy atom. The van der Waals surface area contributed by atoms with Crippen molar-refractivity contribution >= 4 is 11.8 Å². The molecule has 0 spiro atoms. The van der Waals surface area contributed by atoms with Gasteiger partial charge in [0.1, 0.15) is 29.1 Å². The van der Waals surface area contributed by atoms with Crippen molar-refractivity contribution in [2.75, 3.05) is 12.9 Å². The normalized spacial score (nSPS) is 17.1. The second kappa shape index (κ2) is 5.17. The van der Waals surface area contributed by atoms with E-state index in [1.807, 2.05) is 24.3 Å². The quantitative estimate of drug-likeness (QED) is 0.888. The highest BCUT2D eigenvalue weighted by Gasteiger charge is 2.25. The summed E-state index contributed by atoms with van der Waals surface area (Å²) in [6.45, 7) is 0. The van der Waals surface area contributed by atoms with Gasteiger partial charge in [0, 0.05) is 17.9 Å². The number of rotatable bonds is 2. The molecule has 1 heterocycles. The molecule has 2 N–H and O–H groups in total. The summed E-state index contributed by atoms with van der Waals surface area (Å²) in [7, 11) is 1.63. The van der Waals surface area contributed by atoms with E-state index in [0.717, 1.165) is 11.3 Å². The minimum Gasteiger partial charge on any atom is -0.508 e. The number of methoxy groups -OCH3 is 1. The Balaban J connectivity index is 1.87. The molecule has 3 rings (SSSR count). The zero-order valence-electron chi connectivity index (χ0n) is 10.9. The van der Waals surface area contributed by atoms with Gasteiger partial charge in [-0.05, 0) is 17.7 Å². The second-order valence-corrected chi connectivity index (χ2v) is 5.51. The van der Waals surface area contributed by atoms with Crippen molar-refractivity contribution in [1.29, 1.82) is 0 Å². The highest BCUT2D eigenvalue weighted by molar-refractivity contribution is 7.99. The van der Waals surface area contributed by atoms with Crippen LogP contribution < -0.4 is 9.47 Å². The fourth-order valence-corrected chi connectivity index (χ4v) is 3.17. The molecular formula is C15H14O4S. The maximum absolute atomic E-state index is 9.78. The Bertz CT molecular complexity index is 625. The van der Waals surface area contributed by atoms with Gasteiger partial charge in [-0.25, -0.2) is 0 Å². The van der Waals surface area contributed by atoms with Crippen LogP contribution in [-0.2, 0) is 0 Å². The van der Waals surface area contributed by atoms with Crippen LogP contribution in [0, 0.1) is 0 Å². The number of hydrogen-bond donors (Lipinski definition) is 2. The predicted octanol–water partition coefficient (Wildman–Crippen LogP) is 3.33. The number of fused-ring (bicyclic) bond motifs is 1. The van der Waals surface area contributed by atoms with E-state index in [1.54, 1.807) is 7.11 Å². The molecule has 2 aromatic carbocycles. The molecule has 1 atom stereocenters. The molecule has 1 aliphatic rings. The molecule has 104 valence electrons. The van der Waals surface area contributed by atoms with Gasteiger partial charge in [0.05, 0.1) is 12.0 Å². The van der Waals surface area contributed by atoms with Crippen LogP contribution in [0.1, 0.15) is 11.7 Å². The van der Waals surface area contributed by atoms with Crippen molar-refractivity contribution in [3.63, 3.8) is 0 Å². The maximum atomic E-state index is 9.78. The van der Waals surface area contributed by atoms with E-state index in [0.29, 0.717) is 16.4 Å². The van der Waals surface area contributed by atoms with Gasteiger partial charge in [0.25, 0.3) is 0 Å². The smallest absolute Gasteiger partial charge is 0.141 e. The van der Waals surface area contributed by atoms with Crippen molar-refractivity contribution in [2.45, 2.75) is 11.0 Å². The van der Waals surface area contributed by atoms with E-state index in [1.165, 1.54) is 23.9 Å². The summed E-state index contributed by atoms with van der Waals surface area (Å²) in [4.78, 5) is 0.674. The van der Waals surface area contributed by atoms with Crippen LogP contribution in [0.2, 0.25) is 0 Å². The first-order chi connectivity index (χ1) is 9.67. The number of aromatic hydroxyl groups is 2. The lowest BCUT2D eigenvalue weighted by molar-refractivity contribution is 0.217. The Hall–Kier alpha value is -2.01. The van der Waals surface area contributed by atoms with Crippen molar-refractivity contribution in [2.24, 2.45) is 0 Å². The average molecular weight is 290 g/mol. The number of thioether (sulfide) groups is 1. The number of benzene rings is 2. The van der Waals surface area contributed by atoms with E-state index >= 15 is 0 Å². The summed E-state index contributed by atoms with van der Waals surface area (Å²) in [5.74, 6) is 2.07. The van der Waals surface area contributed by atoms with Crippen LogP contribution in [0.25, 0.3) is 0 Å². The van der Waals surface area contributed by atoms with Crippen LogP contribution >= 0.6 is 11.8 Å². The third-order valence-electron chi connectivity index (χ3n) is 3.16. The largest absolute Gasteiger partial charge is 0.508 e. The molecule has 1 unspecified atom stereocenters. The van der Waals surface area contributed by atoms with Crippen molar-refractivity contribution in [3.05, 3.63) is 42.0 Å². The molecule has 0 aromatic heterocycles. The molecule has 5 heteroatoms. The van der Waals surface area contributed by atoms with E-state index in [4.69, 9.17) is 9.47 Å². The molecule has 0 radical (unpaired) electrons. The third-order valence-corrected chi connectivity index (χ3v) is 4.32. The lowest BCUT2D eigenvalue weighted by Crippen LogP contribution is -2.14. The van der Waals surface area contributed by atoms with Gasteiger partial charge >= 0.3 is 0 Å². The summed E-state index contributed by atoms with van der Waals surface area (Å²) in [6, 6.07) is 10.5. The fraction of sp³-hybridized carbons (Fsp3) is 0.200. The van der Waals surface area contributed by atoms with Gasteiger partial charge in [0.15, 0.2) is 0 Å². The summed E-state index contributed by atoms with van der Waals surface area (Å²) in [5.41, 5.74) is 1.03. The molecule has 0 fully saturated rings. The van der Waals surface area contributed by atoms with E-state index < -0.39 is 0 Å². The highest BCUT2D eigenvalue weighted by atomic mass is 32.2. The van der Waals surface area contributed by atoms with E-state index in [2.05, 4.69) is 0 Å². The van der Waals surface area contributed by atoms with Crippen LogP contribution in [0.4, 0.5) is 0 Å². The van der Waals surface area contributed by atoms with Crippen LogP contribution in [0.3, 0.4) is 0 Å². The molecule has 0 saturated carbocycles. The van der Waals surface area contributed by atoms with Gasteiger partial charge in [0.2, 0.25) is 0 Å². The third kappa shape index (κ3) is 2.36. The molecule has 0 amide bonds. The summed E-state index contributed by atoms with van der Waals surface area (Å²) in [5, 5.41) is 19.3. The SMILES string of the molecule is COc1ccc(C2CSc3c(O)cc(O)cc3O2)cc1. The van der Waals surface area contributed by atoms with Gasteiger partial charge in [-0.15, -0.1) is 11.8 Å². The predicted molar refractivity (Wildman–Crippen MR) is 76.9 cm³/mol. The first-order valence-electron chi connectivity index (χ1n) is 6.17. The summed E-state index contributed by atoms with van der Waals surface area (Å²) < 4.78 is 11.0. The van der Waals surface area contributed by atoms with Crippen molar-refractivity contribution in [1.82, 2.24) is 0 Å². The summed E-state index contributed by atoms with van der Waals surface area (Å²) >= 11 is 1.52. The van der Waals surface area contributed by atoms with E-state index in [9.17, 15) is 10.2 Å². The highest BCUT2D eigenvalue weighted by Crippen LogP contribution is 2.47. The maximum Gasteiger partial charge on any atom is 0.141 e. The van der Waals surface area contributed by atoms with Gasteiger partial charge in [-0.3, -0.25) is 0 Å². The molecule has 0 saturated heterocycles. The zero-order chi connectivity index (χ0) is 14.1. The molecule has 2 aromatic rings. The lowest BCUT2D eigenvalue weighted by Gasteiger charge is -2.26.